The molecule has 1 N–H and O–H groups in total. The molecule has 0 aromatic rings. The number of nitrogens with one attached hydrogen (secondary N) is 1. The molecule has 0 aromatic heterocycles. The lowest BCUT2D eigenvalue weighted by Gasteiger charge is -2.21. The number of nitrogens with zero attached hydrogens (tertiary/aromatic N) is 1. The van der Waals surface area contributed by atoms with Crippen LogP contribution in [-0.4, -0.2) is 48.9 Å². The van der Waals surface area contributed by atoms with Gasteiger partial charge in [-0.1, -0.05) is 19.7 Å². The molecule has 6 nitrogen and oxygen atoms in total. The second-order valence-corrected chi connectivity index (χ2v) is 4.29. The maximum absolute atomic E-state index is 11.7. The fourth-order valence-electron chi connectivity index (χ4n) is 1.39. The minimum absolute atomic E-state index is 0.0876. The second kappa shape index (κ2) is 10.4. The van der Waals surface area contributed by atoms with Crippen molar-refractivity contribution in [3.05, 3.63) is 37.5 Å². The first-order valence-electron chi connectivity index (χ1n) is 6.56. The molecule has 0 aromatic carbocycles. The Hall–Kier alpha value is -2.37. The molecule has 0 fully saturated rings. The zero-order chi connectivity index (χ0) is 16.3. The maximum atomic E-state index is 11.7. The van der Waals surface area contributed by atoms with Gasteiger partial charge in [0.1, 0.15) is 6.61 Å². The largest absolute Gasteiger partial charge is 0.460 e. The van der Waals surface area contributed by atoms with Gasteiger partial charge in [-0.05, 0) is 25.5 Å². The summed E-state index contributed by atoms with van der Waals surface area (Å²) in [6.45, 7) is 13.0. The van der Waals surface area contributed by atoms with E-state index in [0.717, 1.165) is 0 Å². The van der Waals surface area contributed by atoms with E-state index in [4.69, 9.17) is 4.74 Å². The Bertz CT molecular complexity index is 429. The molecule has 0 spiro atoms. The van der Waals surface area contributed by atoms with Crippen molar-refractivity contribution in [2.24, 2.45) is 0 Å². The quantitative estimate of drug-likeness (QED) is 0.367. The highest BCUT2D eigenvalue weighted by molar-refractivity contribution is 5.88. The third kappa shape index (κ3) is 8.41. The van der Waals surface area contributed by atoms with Crippen LogP contribution in [0, 0.1) is 0 Å². The monoisotopic (exact) mass is 294 g/mol. The van der Waals surface area contributed by atoms with E-state index in [2.05, 4.69) is 25.1 Å². The topological polar surface area (TPSA) is 75.7 Å². The van der Waals surface area contributed by atoms with E-state index in [1.807, 2.05) is 0 Å². The van der Waals surface area contributed by atoms with E-state index in [0.29, 0.717) is 25.1 Å². The van der Waals surface area contributed by atoms with Crippen molar-refractivity contribution >= 4 is 17.8 Å². The lowest BCUT2D eigenvalue weighted by molar-refractivity contribution is -0.141. The molecule has 0 saturated heterocycles. The van der Waals surface area contributed by atoms with E-state index in [1.165, 1.54) is 17.1 Å². The van der Waals surface area contributed by atoms with Crippen LogP contribution in [0.2, 0.25) is 0 Å². The van der Waals surface area contributed by atoms with Crippen LogP contribution in [0.5, 0.6) is 0 Å². The molecule has 21 heavy (non-hydrogen) atoms. The highest BCUT2D eigenvalue weighted by Crippen LogP contribution is 1.97. The predicted molar refractivity (Wildman–Crippen MR) is 80.4 cm³/mol. The molecule has 6 heteroatoms. The number of rotatable bonds is 10. The highest BCUT2D eigenvalue weighted by atomic mass is 16.5. The number of hydrogen-bond donors (Lipinski definition) is 1. The standard InChI is InChI=1S/C15H22N2O4/c1-5-13(18)16-8-7-9-17(14(19)6-2)10-11-21-15(20)12(3)4/h5-6H,1-3,7-11H2,4H3,(H,16,18). The summed E-state index contributed by atoms with van der Waals surface area (Å²) in [7, 11) is 0. The second-order valence-electron chi connectivity index (χ2n) is 4.29. The molecule has 0 unspecified atom stereocenters. The van der Waals surface area contributed by atoms with Gasteiger partial charge in [-0.3, -0.25) is 9.59 Å². The molecule has 0 aliphatic carbocycles. The van der Waals surface area contributed by atoms with Crippen LogP contribution < -0.4 is 5.32 Å². The van der Waals surface area contributed by atoms with Crippen LogP contribution in [0.3, 0.4) is 0 Å². The average molecular weight is 294 g/mol. The van der Waals surface area contributed by atoms with E-state index >= 15 is 0 Å². The molecular weight excluding hydrogens is 272 g/mol. The fraction of sp³-hybridized carbons (Fsp3) is 0.400. The Labute approximate surface area is 125 Å². The lowest BCUT2D eigenvalue weighted by atomic mass is 10.3. The molecule has 0 saturated carbocycles. The van der Waals surface area contributed by atoms with Crippen molar-refractivity contribution in [1.82, 2.24) is 10.2 Å². The maximum Gasteiger partial charge on any atom is 0.333 e. The summed E-state index contributed by atoms with van der Waals surface area (Å²) in [6, 6.07) is 0. The number of carbonyl (C=O) groups excluding carboxylic acids is 3. The third-order valence-corrected chi connectivity index (χ3v) is 2.52. The van der Waals surface area contributed by atoms with Gasteiger partial charge in [0.15, 0.2) is 0 Å². The summed E-state index contributed by atoms with van der Waals surface area (Å²) in [5.41, 5.74) is 0.309. The minimum atomic E-state index is -0.487. The van der Waals surface area contributed by atoms with Gasteiger partial charge >= 0.3 is 5.97 Å². The summed E-state index contributed by atoms with van der Waals surface area (Å²) < 4.78 is 4.94. The van der Waals surface area contributed by atoms with Crippen molar-refractivity contribution in [2.45, 2.75) is 13.3 Å². The average Bonchev–Trinajstić information content (AvgIpc) is 2.47. The van der Waals surface area contributed by atoms with E-state index in [1.54, 1.807) is 6.92 Å². The van der Waals surface area contributed by atoms with Crippen molar-refractivity contribution in [3.63, 3.8) is 0 Å². The molecule has 116 valence electrons. The van der Waals surface area contributed by atoms with Crippen LogP contribution in [0.1, 0.15) is 13.3 Å². The Morgan fingerprint density at radius 1 is 1.19 bits per heavy atom. The van der Waals surface area contributed by atoms with Crippen LogP contribution in [0.4, 0.5) is 0 Å². The van der Waals surface area contributed by atoms with Gasteiger partial charge in [-0.25, -0.2) is 4.79 Å². The van der Waals surface area contributed by atoms with Crippen molar-refractivity contribution in [3.8, 4) is 0 Å². The molecule has 0 heterocycles. The molecule has 2 amide bonds. The fourth-order valence-corrected chi connectivity index (χ4v) is 1.39. The summed E-state index contributed by atoms with van der Waals surface area (Å²) in [4.78, 5) is 35.3. The molecule has 0 aliphatic rings. The highest BCUT2D eigenvalue weighted by Gasteiger charge is 2.11. The van der Waals surface area contributed by atoms with Gasteiger partial charge in [0.25, 0.3) is 0 Å². The SMILES string of the molecule is C=CC(=O)NCCCN(CCOC(=O)C(=C)C)C(=O)C=C. The first-order chi connectivity index (χ1) is 9.92. The number of amides is 2. The first-order valence-corrected chi connectivity index (χ1v) is 6.56. The van der Waals surface area contributed by atoms with Gasteiger partial charge in [-0.15, -0.1) is 0 Å². The number of esters is 1. The van der Waals surface area contributed by atoms with Crippen LogP contribution in [0.15, 0.2) is 37.5 Å². The van der Waals surface area contributed by atoms with Gasteiger partial charge in [0.05, 0.1) is 6.54 Å². The van der Waals surface area contributed by atoms with Crippen molar-refractivity contribution in [1.29, 1.82) is 0 Å². The molecule has 0 radical (unpaired) electrons. The van der Waals surface area contributed by atoms with Crippen LogP contribution >= 0.6 is 0 Å². The van der Waals surface area contributed by atoms with Crippen LogP contribution in [0.25, 0.3) is 0 Å². The summed E-state index contributed by atoms with van der Waals surface area (Å²) in [5.74, 6) is -0.998. The van der Waals surface area contributed by atoms with E-state index in [9.17, 15) is 14.4 Å². The molecule has 0 aliphatic heterocycles. The zero-order valence-corrected chi connectivity index (χ0v) is 12.4. The van der Waals surface area contributed by atoms with Gasteiger partial charge in [-0.2, -0.15) is 0 Å². The molecule has 0 atom stereocenters. The minimum Gasteiger partial charge on any atom is -0.460 e. The molecule has 0 rings (SSSR count). The zero-order valence-electron chi connectivity index (χ0n) is 12.4. The normalized spacial score (nSPS) is 9.38. The van der Waals surface area contributed by atoms with Gasteiger partial charge < -0.3 is 15.0 Å². The number of ether oxygens (including phenoxy) is 1. The predicted octanol–water partition coefficient (Wildman–Crippen LogP) is 0.813. The van der Waals surface area contributed by atoms with Gasteiger partial charge in [0.2, 0.25) is 11.8 Å². The smallest absolute Gasteiger partial charge is 0.333 e. The lowest BCUT2D eigenvalue weighted by Crippen LogP contribution is -2.35. The van der Waals surface area contributed by atoms with E-state index in [-0.39, 0.29) is 25.0 Å². The van der Waals surface area contributed by atoms with Gasteiger partial charge in [0, 0.05) is 18.7 Å². The summed E-state index contributed by atoms with van der Waals surface area (Å²) in [5, 5.41) is 2.62. The van der Waals surface area contributed by atoms with Crippen molar-refractivity contribution < 1.29 is 19.1 Å². The van der Waals surface area contributed by atoms with Crippen LogP contribution in [-0.2, 0) is 19.1 Å². The Kier molecular flexibility index (Phi) is 9.25. The molecular formula is C15H22N2O4. The Balaban J connectivity index is 4.15. The summed E-state index contributed by atoms with van der Waals surface area (Å²) in [6.07, 6.45) is 2.96. The first kappa shape index (κ1) is 18.6. The molecule has 0 bridgehead atoms. The Morgan fingerprint density at radius 3 is 2.38 bits per heavy atom. The Morgan fingerprint density at radius 2 is 1.86 bits per heavy atom. The van der Waals surface area contributed by atoms with Crippen molar-refractivity contribution in [2.75, 3.05) is 26.2 Å². The van der Waals surface area contributed by atoms with E-state index < -0.39 is 5.97 Å². The third-order valence-electron chi connectivity index (χ3n) is 2.52. The number of hydrogen-bond acceptors (Lipinski definition) is 4. The summed E-state index contributed by atoms with van der Waals surface area (Å²) >= 11 is 0. The number of carbonyl (C=O) groups is 3.